The van der Waals surface area contributed by atoms with Gasteiger partial charge in [0.05, 0.1) is 22.3 Å². The molecule has 0 aliphatic carbocycles. The second-order valence-electron chi connectivity index (χ2n) is 8.51. The molecule has 0 fully saturated rings. The number of rotatable bonds is 4. The van der Waals surface area contributed by atoms with Gasteiger partial charge in [0.1, 0.15) is 11.1 Å². The summed E-state index contributed by atoms with van der Waals surface area (Å²) in [5, 5.41) is 17.7. The van der Waals surface area contributed by atoms with Gasteiger partial charge < -0.3 is 9.84 Å². The van der Waals surface area contributed by atoms with Crippen molar-refractivity contribution in [3.8, 4) is 16.8 Å². The van der Waals surface area contributed by atoms with Crippen LogP contribution in [0.25, 0.3) is 27.8 Å². The van der Waals surface area contributed by atoms with E-state index < -0.39 is 11.6 Å². The zero-order chi connectivity index (χ0) is 23.0. The normalized spacial score (nSPS) is 11.5. The molecule has 0 aliphatic heterocycles. The molecule has 1 N–H and O–H groups in total. The number of carbonyl (C=O) groups excluding carboxylic acids is 1. The van der Waals surface area contributed by atoms with Crippen LogP contribution in [0.2, 0.25) is 0 Å². The van der Waals surface area contributed by atoms with Crippen molar-refractivity contribution in [3.63, 3.8) is 0 Å². The Morgan fingerprint density at radius 1 is 0.938 bits per heavy atom. The number of carbonyl (C=O) groups is 2. The minimum absolute atomic E-state index is 0.207. The van der Waals surface area contributed by atoms with Gasteiger partial charge in [0.2, 0.25) is 0 Å². The van der Waals surface area contributed by atoms with E-state index in [0.717, 1.165) is 22.3 Å². The molecule has 0 bridgehead atoms. The Morgan fingerprint density at radius 3 is 2.28 bits per heavy atom. The van der Waals surface area contributed by atoms with E-state index in [9.17, 15) is 14.7 Å². The highest BCUT2D eigenvalue weighted by molar-refractivity contribution is 5.98. The molecular formula is C25H23N3O4. The number of carboxylic acids is 1. The molecular weight excluding hydrogens is 406 g/mol. The molecule has 4 aromatic rings. The summed E-state index contributed by atoms with van der Waals surface area (Å²) in [4.78, 5) is 24.1. The monoisotopic (exact) mass is 429 g/mol. The Morgan fingerprint density at radius 2 is 1.62 bits per heavy atom. The van der Waals surface area contributed by atoms with Crippen LogP contribution in [0.3, 0.4) is 0 Å². The van der Waals surface area contributed by atoms with Crippen LogP contribution in [-0.4, -0.2) is 37.6 Å². The minimum Gasteiger partial charge on any atom is -0.478 e. The highest BCUT2D eigenvalue weighted by Gasteiger charge is 2.21. The number of carboxylic acid groups (broad SMARTS) is 1. The fourth-order valence-electron chi connectivity index (χ4n) is 3.57. The van der Waals surface area contributed by atoms with Crippen molar-refractivity contribution in [1.82, 2.24) is 15.0 Å². The van der Waals surface area contributed by atoms with Crippen LogP contribution in [0, 0.1) is 6.92 Å². The summed E-state index contributed by atoms with van der Waals surface area (Å²) >= 11 is 0. The fourth-order valence-corrected chi connectivity index (χ4v) is 3.57. The van der Waals surface area contributed by atoms with Crippen LogP contribution in [-0.2, 0) is 4.74 Å². The lowest BCUT2D eigenvalue weighted by molar-refractivity contribution is 0.00702. The van der Waals surface area contributed by atoms with Crippen LogP contribution in [0.5, 0.6) is 0 Å². The quantitative estimate of drug-likeness (QED) is 0.456. The molecule has 1 aromatic heterocycles. The molecule has 0 spiro atoms. The molecule has 3 aromatic carbocycles. The molecule has 0 radical (unpaired) electrons. The van der Waals surface area contributed by atoms with Gasteiger partial charge in [-0.25, -0.2) is 14.3 Å². The summed E-state index contributed by atoms with van der Waals surface area (Å²) in [5.74, 6) is -1.36. The Kier molecular flexibility index (Phi) is 5.26. The van der Waals surface area contributed by atoms with Gasteiger partial charge in [-0.3, -0.25) is 0 Å². The third kappa shape index (κ3) is 3.97. The maximum absolute atomic E-state index is 12.7. The molecule has 0 amide bonds. The van der Waals surface area contributed by atoms with E-state index in [4.69, 9.17) is 4.74 Å². The first kappa shape index (κ1) is 21.2. The molecule has 0 saturated heterocycles. The first-order valence-electron chi connectivity index (χ1n) is 10.2. The molecule has 32 heavy (non-hydrogen) atoms. The lowest BCUT2D eigenvalue weighted by Gasteiger charge is -2.20. The molecule has 7 heteroatoms. The lowest BCUT2D eigenvalue weighted by atomic mass is 9.99. The molecule has 7 nitrogen and oxygen atoms in total. The molecule has 0 aliphatic rings. The fraction of sp³-hybridized carbons (Fsp3) is 0.200. The number of esters is 1. The second-order valence-corrected chi connectivity index (χ2v) is 8.51. The average molecular weight is 429 g/mol. The molecule has 0 saturated carbocycles. The van der Waals surface area contributed by atoms with Crippen molar-refractivity contribution in [2.75, 3.05) is 0 Å². The van der Waals surface area contributed by atoms with Crippen LogP contribution in [0.15, 0.2) is 60.7 Å². The summed E-state index contributed by atoms with van der Waals surface area (Å²) < 4.78 is 7.22. The van der Waals surface area contributed by atoms with Crippen molar-refractivity contribution < 1.29 is 19.4 Å². The maximum Gasteiger partial charge on any atom is 0.339 e. The van der Waals surface area contributed by atoms with Gasteiger partial charge in [-0.2, -0.15) is 0 Å². The van der Waals surface area contributed by atoms with Gasteiger partial charge >= 0.3 is 11.9 Å². The first-order valence-corrected chi connectivity index (χ1v) is 10.2. The molecule has 162 valence electrons. The molecule has 0 atom stereocenters. The van der Waals surface area contributed by atoms with Gasteiger partial charge in [0.25, 0.3) is 0 Å². The van der Waals surface area contributed by atoms with Gasteiger partial charge in [0, 0.05) is 0 Å². The van der Waals surface area contributed by atoms with E-state index in [-0.39, 0.29) is 11.5 Å². The van der Waals surface area contributed by atoms with E-state index in [1.54, 1.807) is 29.8 Å². The van der Waals surface area contributed by atoms with E-state index in [2.05, 4.69) is 10.3 Å². The number of nitrogens with zero attached hydrogens (tertiary/aromatic N) is 3. The van der Waals surface area contributed by atoms with Crippen LogP contribution < -0.4 is 0 Å². The number of aromatic carboxylic acids is 1. The second kappa shape index (κ2) is 7.92. The van der Waals surface area contributed by atoms with Gasteiger partial charge in [0.15, 0.2) is 0 Å². The molecule has 1 heterocycles. The van der Waals surface area contributed by atoms with Gasteiger partial charge in [-0.15, -0.1) is 5.10 Å². The predicted octanol–water partition coefficient (Wildman–Crippen LogP) is 5.05. The predicted molar refractivity (Wildman–Crippen MR) is 121 cm³/mol. The van der Waals surface area contributed by atoms with E-state index in [0.29, 0.717) is 16.6 Å². The van der Waals surface area contributed by atoms with E-state index in [1.165, 1.54) is 0 Å². The van der Waals surface area contributed by atoms with Gasteiger partial charge in [-0.05, 0) is 74.7 Å². The summed E-state index contributed by atoms with van der Waals surface area (Å²) in [6, 6.07) is 18.2. The summed E-state index contributed by atoms with van der Waals surface area (Å²) in [6.07, 6.45) is 0. The minimum atomic E-state index is -0.994. The number of hydrogen-bond donors (Lipinski definition) is 1. The van der Waals surface area contributed by atoms with Crippen molar-refractivity contribution >= 4 is 23.0 Å². The average Bonchev–Trinajstić information content (AvgIpc) is 3.18. The number of aromatic nitrogens is 3. The first-order chi connectivity index (χ1) is 15.2. The van der Waals surface area contributed by atoms with Crippen LogP contribution in [0.1, 0.15) is 47.1 Å². The topological polar surface area (TPSA) is 94.3 Å². The zero-order valence-corrected chi connectivity index (χ0v) is 18.3. The van der Waals surface area contributed by atoms with Crippen molar-refractivity contribution in [2.45, 2.75) is 33.3 Å². The smallest absolute Gasteiger partial charge is 0.339 e. The maximum atomic E-state index is 12.7. The number of ether oxygens (including phenoxy) is 1. The SMILES string of the molecule is Cc1c(C(=O)O)ccc2c1nnn2-c1ccc(-c2ccccc2C(=O)OC(C)(C)C)cc1. The van der Waals surface area contributed by atoms with Crippen LogP contribution in [0.4, 0.5) is 0 Å². The van der Waals surface area contributed by atoms with Crippen molar-refractivity contribution in [1.29, 1.82) is 0 Å². The molecule has 4 rings (SSSR count). The summed E-state index contributed by atoms with van der Waals surface area (Å²) in [5.41, 5.74) is 4.37. The molecule has 0 unspecified atom stereocenters. The third-order valence-corrected chi connectivity index (χ3v) is 5.07. The largest absolute Gasteiger partial charge is 0.478 e. The number of aryl methyl sites for hydroxylation is 1. The third-order valence-electron chi connectivity index (χ3n) is 5.07. The summed E-state index contributed by atoms with van der Waals surface area (Å²) in [7, 11) is 0. The van der Waals surface area contributed by atoms with Crippen LogP contribution >= 0.6 is 0 Å². The number of hydrogen-bond acceptors (Lipinski definition) is 5. The Hall–Kier alpha value is -4.00. The standard InChI is InChI=1S/C25H23N3O4/c1-15-18(23(29)30)13-14-21-22(15)26-27-28(21)17-11-9-16(10-12-17)19-7-5-6-8-20(19)24(31)32-25(2,3)4/h5-14H,1-4H3,(H,29,30). The van der Waals surface area contributed by atoms with Gasteiger partial charge in [-0.1, -0.05) is 35.5 Å². The Bertz CT molecular complexity index is 1330. The lowest BCUT2D eigenvalue weighted by Crippen LogP contribution is -2.24. The number of fused-ring (bicyclic) bond motifs is 1. The Balaban J connectivity index is 1.71. The van der Waals surface area contributed by atoms with E-state index >= 15 is 0 Å². The number of benzene rings is 3. The zero-order valence-electron chi connectivity index (χ0n) is 18.3. The van der Waals surface area contributed by atoms with Crippen molar-refractivity contribution in [2.24, 2.45) is 0 Å². The Labute approximate surface area is 185 Å². The highest BCUT2D eigenvalue weighted by atomic mass is 16.6. The van der Waals surface area contributed by atoms with Crippen molar-refractivity contribution in [3.05, 3.63) is 77.4 Å². The summed E-state index contributed by atoms with van der Waals surface area (Å²) in [6.45, 7) is 7.24. The highest BCUT2D eigenvalue weighted by Crippen LogP contribution is 2.28. The van der Waals surface area contributed by atoms with E-state index in [1.807, 2.05) is 63.2 Å².